The van der Waals surface area contributed by atoms with Crippen molar-refractivity contribution in [3.05, 3.63) is 89.7 Å². The summed E-state index contributed by atoms with van der Waals surface area (Å²) in [6.45, 7) is 0.612. The highest BCUT2D eigenvalue weighted by molar-refractivity contribution is 6.05. The lowest BCUT2D eigenvalue weighted by Gasteiger charge is -2.07. The third-order valence-electron chi connectivity index (χ3n) is 4.55. The first-order valence-electron chi connectivity index (χ1n) is 9.13. The first kappa shape index (κ1) is 18.4. The molecule has 0 radical (unpaired) electrons. The molecule has 0 saturated heterocycles. The van der Waals surface area contributed by atoms with Gasteiger partial charge in [-0.1, -0.05) is 30.3 Å². The lowest BCUT2D eigenvalue weighted by molar-refractivity contribution is 0.0962. The minimum Gasteiger partial charge on any atom is -0.355 e. The monoisotopic (exact) mass is 385 g/mol. The number of fused-ring (bicyclic) bond motifs is 1. The van der Waals surface area contributed by atoms with Crippen molar-refractivity contribution < 1.29 is 9.59 Å². The van der Waals surface area contributed by atoms with Crippen LogP contribution in [0.2, 0.25) is 0 Å². The highest BCUT2D eigenvalue weighted by Crippen LogP contribution is 2.16. The van der Waals surface area contributed by atoms with Crippen LogP contribution in [0.3, 0.4) is 0 Å². The predicted octanol–water partition coefficient (Wildman–Crippen LogP) is 3.09. The average molecular weight is 385 g/mol. The van der Waals surface area contributed by atoms with Gasteiger partial charge in [-0.25, -0.2) is 9.67 Å². The maximum Gasteiger partial charge on any atom is 0.257 e. The molecule has 0 atom stereocenters. The number of nitrogens with one attached hydrogen (secondary N) is 2. The van der Waals surface area contributed by atoms with Crippen LogP contribution in [-0.4, -0.2) is 33.6 Å². The lowest BCUT2D eigenvalue weighted by atomic mass is 10.2. The first-order chi connectivity index (χ1) is 14.1. The molecule has 4 rings (SSSR count). The number of hydrogen-bond acceptors (Lipinski definition) is 4. The van der Waals surface area contributed by atoms with E-state index in [1.807, 2.05) is 35.0 Å². The van der Waals surface area contributed by atoms with Crippen molar-refractivity contribution >= 4 is 28.5 Å². The molecule has 2 amide bonds. The van der Waals surface area contributed by atoms with E-state index in [0.29, 0.717) is 23.4 Å². The van der Waals surface area contributed by atoms with E-state index in [2.05, 4.69) is 20.7 Å². The van der Waals surface area contributed by atoms with Crippen LogP contribution in [0.1, 0.15) is 26.3 Å². The molecule has 7 nitrogen and oxygen atoms in total. The Balaban J connectivity index is 1.50. The number of anilines is 1. The van der Waals surface area contributed by atoms with E-state index in [1.165, 1.54) is 0 Å². The third kappa shape index (κ3) is 3.98. The molecule has 0 saturated carbocycles. The summed E-state index contributed by atoms with van der Waals surface area (Å²) in [5, 5.41) is 10.6. The van der Waals surface area contributed by atoms with Crippen molar-refractivity contribution in [2.45, 2.75) is 6.54 Å². The molecule has 0 fully saturated rings. The fourth-order valence-corrected chi connectivity index (χ4v) is 3.02. The summed E-state index contributed by atoms with van der Waals surface area (Å²) in [5.74, 6) is -0.451. The average Bonchev–Trinajstić information content (AvgIpc) is 3.16. The van der Waals surface area contributed by atoms with Gasteiger partial charge in [-0.15, -0.1) is 0 Å². The number of pyridine rings is 1. The predicted molar refractivity (Wildman–Crippen MR) is 111 cm³/mol. The number of carbonyl (C=O) groups is 2. The Morgan fingerprint density at radius 2 is 1.69 bits per heavy atom. The lowest BCUT2D eigenvalue weighted by Crippen LogP contribution is -2.18. The number of aromatic nitrogens is 3. The summed E-state index contributed by atoms with van der Waals surface area (Å²) in [6.07, 6.45) is 3.25. The van der Waals surface area contributed by atoms with Crippen molar-refractivity contribution in [3.63, 3.8) is 0 Å². The van der Waals surface area contributed by atoms with Gasteiger partial charge >= 0.3 is 0 Å². The van der Waals surface area contributed by atoms with Crippen molar-refractivity contribution in [1.82, 2.24) is 20.1 Å². The van der Waals surface area contributed by atoms with E-state index < -0.39 is 0 Å². The second kappa shape index (κ2) is 7.93. The molecule has 0 bridgehead atoms. The number of hydrogen-bond donors (Lipinski definition) is 2. The quantitative estimate of drug-likeness (QED) is 0.552. The van der Waals surface area contributed by atoms with E-state index in [-0.39, 0.29) is 11.8 Å². The SMILES string of the molecule is CNC(=O)c1ccc(NC(=O)c2cnc3c(cnn3Cc3ccccc3)c2)cc1. The van der Waals surface area contributed by atoms with Crippen LogP contribution in [0.25, 0.3) is 11.0 Å². The molecule has 0 aliphatic carbocycles. The van der Waals surface area contributed by atoms with Crippen molar-refractivity contribution in [2.24, 2.45) is 0 Å². The smallest absolute Gasteiger partial charge is 0.257 e. The topological polar surface area (TPSA) is 88.9 Å². The van der Waals surface area contributed by atoms with Gasteiger partial charge in [0.05, 0.1) is 18.3 Å². The largest absolute Gasteiger partial charge is 0.355 e. The molecule has 4 aromatic rings. The molecule has 0 aliphatic rings. The summed E-state index contributed by atoms with van der Waals surface area (Å²) in [5.41, 5.74) is 3.41. The van der Waals surface area contributed by atoms with Gasteiger partial charge in [-0.05, 0) is 35.9 Å². The van der Waals surface area contributed by atoms with Gasteiger partial charge in [0.25, 0.3) is 11.8 Å². The summed E-state index contributed by atoms with van der Waals surface area (Å²) in [4.78, 5) is 28.6. The number of benzene rings is 2. The first-order valence-corrected chi connectivity index (χ1v) is 9.13. The molecule has 2 N–H and O–H groups in total. The van der Waals surface area contributed by atoms with Gasteiger partial charge in [-0.3, -0.25) is 9.59 Å². The molecule has 2 aromatic heterocycles. The highest BCUT2D eigenvalue weighted by atomic mass is 16.2. The molecule has 0 spiro atoms. The Hall–Kier alpha value is -4.00. The van der Waals surface area contributed by atoms with Crippen LogP contribution in [-0.2, 0) is 6.54 Å². The standard InChI is InChI=1S/C22H19N5O2/c1-23-21(28)16-7-9-19(10-8-16)26-22(29)18-11-17-13-25-27(20(17)24-12-18)14-15-5-3-2-4-6-15/h2-13H,14H2,1H3,(H,23,28)(H,26,29). The molecule has 0 aliphatic heterocycles. The molecule has 144 valence electrons. The zero-order valence-electron chi connectivity index (χ0n) is 15.8. The summed E-state index contributed by atoms with van der Waals surface area (Å²) in [7, 11) is 1.57. The van der Waals surface area contributed by atoms with Gasteiger partial charge in [0.1, 0.15) is 0 Å². The Bertz CT molecular complexity index is 1170. The zero-order chi connectivity index (χ0) is 20.2. The van der Waals surface area contributed by atoms with Crippen molar-refractivity contribution in [1.29, 1.82) is 0 Å². The van der Waals surface area contributed by atoms with Crippen molar-refractivity contribution in [3.8, 4) is 0 Å². The normalized spacial score (nSPS) is 10.7. The van der Waals surface area contributed by atoms with Crippen LogP contribution in [0.15, 0.2) is 73.1 Å². The van der Waals surface area contributed by atoms with Gasteiger partial charge in [0, 0.05) is 29.9 Å². The van der Waals surface area contributed by atoms with Crippen molar-refractivity contribution in [2.75, 3.05) is 12.4 Å². The van der Waals surface area contributed by atoms with Crippen LogP contribution in [0.5, 0.6) is 0 Å². The molecule has 29 heavy (non-hydrogen) atoms. The third-order valence-corrected chi connectivity index (χ3v) is 4.55. The van der Waals surface area contributed by atoms with Gasteiger partial charge in [-0.2, -0.15) is 5.10 Å². The number of amides is 2. The number of nitrogens with zero attached hydrogens (tertiary/aromatic N) is 3. The Labute approximate surface area is 167 Å². The number of carbonyl (C=O) groups excluding carboxylic acids is 2. The maximum atomic E-state index is 12.6. The Morgan fingerprint density at radius 3 is 2.41 bits per heavy atom. The molecule has 7 heteroatoms. The zero-order valence-corrected chi connectivity index (χ0v) is 15.8. The summed E-state index contributed by atoms with van der Waals surface area (Å²) >= 11 is 0. The minimum absolute atomic E-state index is 0.176. The fourth-order valence-electron chi connectivity index (χ4n) is 3.02. The second-order valence-corrected chi connectivity index (χ2v) is 6.54. The summed E-state index contributed by atoms with van der Waals surface area (Å²) in [6, 6.07) is 18.5. The van der Waals surface area contributed by atoms with E-state index in [0.717, 1.165) is 16.6 Å². The van der Waals surface area contributed by atoms with Crippen LogP contribution >= 0.6 is 0 Å². The van der Waals surface area contributed by atoms with Gasteiger partial charge < -0.3 is 10.6 Å². The van der Waals surface area contributed by atoms with E-state index >= 15 is 0 Å². The molecular formula is C22H19N5O2. The molecule has 2 aromatic carbocycles. The molecular weight excluding hydrogens is 366 g/mol. The van der Waals surface area contributed by atoms with Gasteiger partial charge in [0.2, 0.25) is 0 Å². The van der Waals surface area contributed by atoms with Gasteiger partial charge in [0.15, 0.2) is 5.65 Å². The minimum atomic E-state index is -0.275. The Morgan fingerprint density at radius 1 is 0.931 bits per heavy atom. The summed E-state index contributed by atoms with van der Waals surface area (Å²) < 4.78 is 1.81. The Kier molecular flexibility index (Phi) is 5.03. The molecule has 2 heterocycles. The van der Waals surface area contributed by atoms with E-state index in [1.54, 1.807) is 49.8 Å². The maximum absolute atomic E-state index is 12.6. The van der Waals surface area contributed by atoms with E-state index in [4.69, 9.17) is 0 Å². The molecule has 0 unspecified atom stereocenters. The highest BCUT2D eigenvalue weighted by Gasteiger charge is 2.11. The van der Waals surface area contributed by atoms with Crippen LogP contribution in [0, 0.1) is 0 Å². The van der Waals surface area contributed by atoms with E-state index in [9.17, 15) is 9.59 Å². The van der Waals surface area contributed by atoms with Crippen LogP contribution < -0.4 is 10.6 Å². The second-order valence-electron chi connectivity index (χ2n) is 6.54. The fraction of sp³-hybridized carbons (Fsp3) is 0.0909. The van der Waals surface area contributed by atoms with Crippen LogP contribution in [0.4, 0.5) is 5.69 Å². The number of rotatable bonds is 5.